The predicted molar refractivity (Wildman–Crippen MR) is 68.4 cm³/mol. The Morgan fingerprint density at radius 3 is 2.67 bits per heavy atom. The fraction of sp³-hybridized carbons (Fsp3) is 0.364. The SMILES string of the molecule is CC(C)SCC(=O)c1cccc(Cl)c1Cl. The fourth-order valence-electron chi connectivity index (χ4n) is 1.04. The number of Topliss-reactive ketones (excluding diaryl/α,β-unsaturated/α-hetero) is 1. The molecule has 0 aromatic heterocycles. The maximum Gasteiger partial charge on any atom is 0.174 e. The van der Waals surface area contributed by atoms with Crippen molar-refractivity contribution in [3.8, 4) is 0 Å². The summed E-state index contributed by atoms with van der Waals surface area (Å²) in [5.74, 6) is 0.471. The van der Waals surface area contributed by atoms with Gasteiger partial charge in [-0.3, -0.25) is 4.79 Å². The highest BCUT2D eigenvalue weighted by molar-refractivity contribution is 8.00. The van der Waals surface area contributed by atoms with Gasteiger partial charge in [0, 0.05) is 5.56 Å². The van der Waals surface area contributed by atoms with Gasteiger partial charge in [-0.05, 0) is 17.4 Å². The highest BCUT2D eigenvalue weighted by atomic mass is 35.5. The molecule has 0 radical (unpaired) electrons. The third kappa shape index (κ3) is 3.71. The molecule has 0 amide bonds. The van der Waals surface area contributed by atoms with Gasteiger partial charge in [-0.2, -0.15) is 11.8 Å². The molecular formula is C11H12Cl2OS. The van der Waals surface area contributed by atoms with Gasteiger partial charge in [-0.1, -0.05) is 43.1 Å². The molecule has 0 heterocycles. The summed E-state index contributed by atoms with van der Waals surface area (Å²) in [7, 11) is 0. The number of halogens is 2. The van der Waals surface area contributed by atoms with Crippen molar-refractivity contribution in [1.82, 2.24) is 0 Å². The maximum absolute atomic E-state index is 11.8. The Balaban J connectivity index is 2.78. The van der Waals surface area contributed by atoms with Crippen LogP contribution in [0, 0.1) is 0 Å². The van der Waals surface area contributed by atoms with Gasteiger partial charge in [0.15, 0.2) is 5.78 Å². The lowest BCUT2D eigenvalue weighted by Crippen LogP contribution is -2.05. The molecule has 0 atom stereocenters. The van der Waals surface area contributed by atoms with Gasteiger partial charge in [0.05, 0.1) is 15.8 Å². The Labute approximate surface area is 104 Å². The average Bonchev–Trinajstić information content (AvgIpc) is 2.18. The van der Waals surface area contributed by atoms with Crippen LogP contribution < -0.4 is 0 Å². The van der Waals surface area contributed by atoms with Crippen LogP contribution in [0.3, 0.4) is 0 Å². The normalized spacial score (nSPS) is 10.7. The summed E-state index contributed by atoms with van der Waals surface area (Å²) < 4.78 is 0. The summed E-state index contributed by atoms with van der Waals surface area (Å²) in [4.78, 5) is 11.8. The van der Waals surface area contributed by atoms with Gasteiger partial charge in [0.25, 0.3) is 0 Å². The highest BCUT2D eigenvalue weighted by Crippen LogP contribution is 2.26. The van der Waals surface area contributed by atoms with Crippen molar-refractivity contribution < 1.29 is 4.79 Å². The minimum atomic E-state index is 0.0289. The van der Waals surface area contributed by atoms with Crippen LogP contribution in [-0.4, -0.2) is 16.8 Å². The predicted octanol–water partition coefficient (Wildman–Crippen LogP) is 4.32. The second-order valence-electron chi connectivity index (χ2n) is 3.38. The van der Waals surface area contributed by atoms with Gasteiger partial charge in [-0.15, -0.1) is 0 Å². The minimum Gasteiger partial charge on any atom is -0.293 e. The molecule has 1 nitrogen and oxygen atoms in total. The molecule has 0 spiro atoms. The molecular weight excluding hydrogens is 251 g/mol. The van der Waals surface area contributed by atoms with Crippen LogP contribution in [0.5, 0.6) is 0 Å². The lowest BCUT2D eigenvalue weighted by atomic mass is 10.1. The number of carbonyl (C=O) groups excluding carboxylic acids is 1. The first-order valence-corrected chi connectivity index (χ1v) is 6.41. The lowest BCUT2D eigenvalue weighted by molar-refractivity contribution is 0.102. The summed E-state index contributed by atoms with van der Waals surface area (Å²) in [6.45, 7) is 4.11. The van der Waals surface area contributed by atoms with E-state index in [1.54, 1.807) is 30.0 Å². The second kappa shape index (κ2) is 5.78. The van der Waals surface area contributed by atoms with Gasteiger partial charge in [0.1, 0.15) is 0 Å². The van der Waals surface area contributed by atoms with Crippen LogP contribution in [0.2, 0.25) is 10.0 Å². The van der Waals surface area contributed by atoms with Crippen LogP contribution in [0.4, 0.5) is 0 Å². The van der Waals surface area contributed by atoms with Crippen LogP contribution in [0.25, 0.3) is 0 Å². The van der Waals surface area contributed by atoms with Crippen molar-refractivity contribution in [3.05, 3.63) is 33.8 Å². The van der Waals surface area contributed by atoms with Gasteiger partial charge in [-0.25, -0.2) is 0 Å². The average molecular weight is 263 g/mol. The Kier molecular flexibility index (Phi) is 4.97. The van der Waals surface area contributed by atoms with E-state index >= 15 is 0 Å². The molecule has 0 fully saturated rings. The Morgan fingerprint density at radius 2 is 2.07 bits per heavy atom. The smallest absolute Gasteiger partial charge is 0.174 e. The number of benzene rings is 1. The quantitative estimate of drug-likeness (QED) is 0.752. The minimum absolute atomic E-state index is 0.0289. The van der Waals surface area contributed by atoms with Crippen molar-refractivity contribution in [2.75, 3.05) is 5.75 Å². The summed E-state index contributed by atoms with van der Waals surface area (Å²) >= 11 is 13.4. The maximum atomic E-state index is 11.8. The van der Waals surface area contributed by atoms with E-state index in [1.165, 1.54) is 0 Å². The monoisotopic (exact) mass is 262 g/mol. The molecule has 0 N–H and O–H groups in total. The van der Waals surface area contributed by atoms with Gasteiger partial charge < -0.3 is 0 Å². The van der Waals surface area contributed by atoms with Gasteiger partial charge in [0.2, 0.25) is 0 Å². The number of hydrogen-bond acceptors (Lipinski definition) is 2. The number of carbonyl (C=O) groups is 1. The Bertz CT molecular complexity index is 364. The highest BCUT2D eigenvalue weighted by Gasteiger charge is 2.12. The zero-order chi connectivity index (χ0) is 11.4. The van der Waals surface area contributed by atoms with Crippen LogP contribution in [0.15, 0.2) is 18.2 Å². The Hall–Kier alpha value is -0.180. The molecule has 0 unspecified atom stereocenters. The third-order valence-electron chi connectivity index (χ3n) is 1.80. The summed E-state index contributed by atoms with van der Waals surface area (Å²) in [6, 6.07) is 5.12. The van der Waals surface area contributed by atoms with Crippen molar-refractivity contribution in [2.24, 2.45) is 0 Å². The molecule has 1 aromatic carbocycles. The van der Waals surface area contributed by atoms with E-state index in [9.17, 15) is 4.79 Å². The number of ketones is 1. The van der Waals surface area contributed by atoms with Crippen molar-refractivity contribution >= 4 is 40.7 Å². The largest absolute Gasteiger partial charge is 0.293 e. The first kappa shape index (κ1) is 12.9. The van der Waals surface area contributed by atoms with E-state index in [2.05, 4.69) is 13.8 Å². The molecule has 0 aliphatic rings. The Morgan fingerprint density at radius 1 is 1.40 bits per heavy atom. The standard InChI is InChI=1S/C11H12Cl2OS/c1-7(2)15-6-10(14)8-4-3-5-9(12)11(8)13/h3-5,7H,6H2,1-2H3. The van der Waals surface area contributed by atoms with Gasteiger partial charge >= 0.3 is 0 Å². The lowest BCUT2D eigenvalue weighted by Gasteiger charge is -2.06. The topological polar surface area (TPSA) is 17.1 Å². The summed E-state index contributed by atoms with van der Waals surface area (Å²) in [5, 5.41) is 1.22. The summed E-state index contributed by atoms with van der Waals surface area (Å²) in [6.07, 6.45) is 0. The third-order valence-corrected chi connectivity index (χ3v) is 3.71. The van der Waals surface area contributed by atoms with E-state index in [-0.39, 0.29) is 5.78 Å². The first-order chi connectivity index (χ1) is 7.02. The molecule has 0 aliphatic heterocycles. The molecule has 4 heteroatoms. The molecule has 0 saturated carbocycles. The first-order valence-electron chi connectivity index (χ1n) is 4.61. The molecule has 15 heavy (non-hydrogen) atoms. The fourth-order valence-corrected chi connectivity index (χ4v) is 2.09. The zero-order valence-corrected chi connectivity index (χ0v) is 10.9. The van der Waals surface area contributed by atoms with Crippen LogP contribution in [-0.2, 0) is 0 Å². The van der Waals surface area contributed by atoms with Crippen molar-refractivity contribution in [1.29, 1.82) is 0 Å². The van der Waals surface area contributed by atoms with Crippen molar-refractivity contribution in [2.45, 2.75) is 19.1 Å². The number of thioether (sulfide) groups is 1. The molecule has 0 aliphatic carbocycles. The van der Waals surface area contributed by atoms with Crippen LogP contribution >= 0.6 is 35.0 Å². The zero-order valence-electron chi connectivity index (χ0n) is 8.59. The number of hydrogen-bond donors (Lipinski definition) is 0. The molecule has 1 aromatic rings. The van der Waals surface area contributed by atoms with Crippen LogP contribution in [0.1, 0.15) is 24.2 Å². The van der Waals surface area contributed by atoms with E-state index in [0.717, 1.165) is 0 Å². The molecule has 82 valence electrons. The van der Waals surface area contributed by atoms with E-state index in [4.69, 9.17) is 23.2 Å². The summed E-state index contributed by atoms with van der Waals surface area (Å²) in [5.41, 5.74) is 0.511. The number of rotatable bonds is 4. The van der Waals surface area contributed by atoms with E-state index in [0.29, 0.717) is 26.6 Å². The molecule has 1 rings (SSSR count). The second-order valence-corrected chi connectivity index (χ2v) is 5.73. The van der Waals surface area contributed by atoms with E-state index < -0.39 is 0 Å². The van der Waals surface area contributed by atoms with E-state index in [1.807, 2.05) is 0 Å². The molecule has 0 saturated heterocycles. The molecule has 0 bridgehead atoms. The van der Waals surface area contributed by atoms with Crippen molar-refractivity contribution in [3.63, 3.8) is 0 Å².